The summed E-state index contributed by atoms with van der Waals surface area (Å²) in [6.07, 6.45) is -1.71. The molecule has 0 saturated heterocycles. The lowest BCUT2D eigenvalue weighted by Crippen LogP contribution is -2.17. The Hall–Kier alpha value is -18.0. The maximum atomic E-state index is 14.0. The predicted octanol–water partition coefficient (Wildman–Crippen LogP) is 17.2. The van der Waals surface area contributed by atoms with Gasteiger partial charge in [-0.2, -0.15) is 38.7 Å². The van der Waals surface area contributed by atoms with Crippen molar-refractivity contribution < 1.29 is 65.4 Å². The number of hydrogen-bond donors (Lipinski definition) is 8. The van der Waals surface area contributed by atoms with E-state index < -0.39 is 35.7 Å². The first-order valence-corrected chi connectivity index (χ1v) is 38.8. The van der Waals surface area contributed by atoms with Crippen LogP contribution >= 0.6 is 0 Å². The normalized spacial score (nSPS) is 10.7. The lowest BCUT2D eigenvalue weighted by Gasteiger charge is -2.10. The Morgan fingerprint density at radius 1 is 0.305 bits per heavy atom. The molecule has 0 unspecified atom stereocenters. The number of halogens is 4. The fourth-order valence-electron chi connectivity index (χ4n) is 11.9. The van der Waals surface area contributed by atoms with Crippen LogP contribution in [0, 0.1) is 19.7 Å². The number of rotatable bonds is 23. The second-order valence-corrected chi connectivity index (χ2v) is 27.1. The molecular weight excluding hydrogens is 1650 g/mol. The number of nitrogens with zero attached hydrogens (tertiary/aromatic N) is 12. The van der Waals surface area contributed by atoms with Gasteiger partial charge in [-0.05, 0) is 182 Å². The predicted molar refractivity (Wildman–Crippen MR) is 473 cm³/mol. The summed E-state index contributed by atoms with van der Waals surface area (Å²) in [5, 5.41) is 38.5. The number of carbonyl (C=O) groups is 8. The largest absolute Gasteiger partial charge is 0.573 e. The average Bonchev–Trinajstić information content (AvgIpc) is 1.67. The third-order valence-corrected chi connectivity index (χ3v) is 18.1. The van der Waals surface area contributed by atoms with Gasteiger partial charge in [0, 0.05) is 39.5 Å². The van der Waals surface area contributed by atoms with Gasteiger partial charge >= 0.3 is 6.36 Å². The molecule has 16 aromatic rings. The highest BCUT2D eigenvalue weighted by Gasteiger charge is 2.32. The van der Waals surface area contributed by atoms with Crippen molar-refractivity contribution in [1.29, 1.82) is 0 Å². The molecule has 16 rings (SSSR count). The van der Waals surface area contributed by atoms with E-state index in [9.17, 15) is 55.9 Å². The van der Waals surface area contributed by atoms with Crippen LogP contribution < -0.4 is 52.0 Å². The second kappa shape index (κ2) is 42.0. The van der Waals surface area contributed by atoms with E-state index in [0.29, 0.717) is 56.2 Å². The molecule has 0 atom stereocenters. The molecule has 30 nitrogen and oxygen atoms in total. The number of nitrogens with one attached hydrogen (secondary N) is 8. The highest BCUT2D eigenvalue weighted by atomic mass is 19.4. The molecule has 0 radical (unpaired) electrons. The minimum absolute atomic E-state index is 0.000870. The van der Waals surface area contributed by atoms with Crippen molar-refractivity contribution >= 4 is 101 Å². The lowest BCUT2D eigenvalue weighted by molar-refractivity contribution is -0.274. The first-order valence-electron chi connectivity index (χ1n) is 38.8. The summed E-state index contributed by atoms with van der Waals surface area (Å²) < 4.78 is 65.9. The highest BCUT2D eigenvalue weighted by molar-refractivity contribution is 6.09. The topological polar surface area (TPSA) is 374 Å². The van der Waals surface area contributed by atoms with Crippen LogP contribution in [0.25, 0.3) is 28.8 Å². The Morgan fingerprint density at radius 2 is 0.578 bits per heavy atom. The number of alkyl halides is 3. The van der Waals surface area contributed by atoms with Crippen LogP contribution in [0.1, 0.15) is 89.2 Å². The Kier molecular flexibility index (Phi) is 28.8. The number of ether oxygens (including phenoxy) is 2. The van der Waals surface area contributed by atoms with Gasteiger partial charge in [0.05, 0.1) is 35.4 Å². The minimum Gasteiger partial charge on any atom is -0.497 e. The maximum Gasteiger partial charge on any atom is 0.573 e. The molecule has 8 N–H and O–H groups in total. The smallest absolute Gasteiger partial charge is 0.497 e. The van der Waals surface area contributed by atoms with E-state index in [4.69, 9.17) is 4.74 Å². The van der Waals surface area contributed by atoms with Crippen LogP contribution in [-0.4, -0.2) is 120 Å². The van der Waals surface area contributed by atoms with Gasteiger partial charge < -0.3 is 9.47 Å². The molecule has 0 saturated carbocycles. The Labute approximate surface area is 727 Å². The Bertz CT molecular complexity index is 6590. The van der Waals surface area contributed by atoms with E-state index in [-0.39, 0.29) is 88.4 Å². The molecule has 0 aliphatic rings. The Morgan fingerprint density at radius 3 is 0.922 bits per heavy atom. The zero-order valence-electron chi connectivity index (χ0n) is 67.9. The first kappa shape index (κ1) is 87.8. The average molecular weight is 1720 g/mol. The van der Waals surface area contributed by atoms with Crippen molar-refractivity contribution in [2.75, 3.05) is 49.6 Å². The number of amides is 8. The van der Waals surface area contributed by atoms with Crippen molar-refractivity contribution in [2.45, 2.75) is 20.2 Å². The van der Waals surface area contributed by atoms with Crippen molar-refractivity contribution in [3.63, 3.8) is 0 Å². The zero-order chi connectivity index (χ0) is 89.9. The van der Waals surface area contributed by atoms with Gasteiger partial charge in [0.2, 0.25) is 23.8 Å². The summed E-state index contributed by atoms with van der Waals surface area (Å²) in [7, 11) is 1.58. The van der Waals surface area contributed by atoms with Crippen molar-refractivity contribution in [1.82, 2.24) is 59.1 Å². The number of methoxy groups -OCH3 is 1. The summed E-state index contributed by atoms with van der Waals surface area (Å²) in [6.45, 7) is 3.68. The number of aryl methyl sites for hydroxylation is 2. The molecule has 4 heterocycles. The number of aromatic nitrogens is 12. The second-order valence-electron chi connectivity index (χ2n) is 27.1. The fourth-order valence-corrected chi connectivity index (χ4v) is 11.9. The number of para-hydroxylation sites is 2. The molecule has 638 valence electrons. The van der Waals surface area contributed by atoms with E-state index >= 15 is 0 Å². The number of carbonyl (C=O) groups excluding carboxylic acids is 8. The van der Waals surface area contributed by atoms with Crippen LogP contribution in [0.4, 0.5) is 65.1 Å². The first-order chi connectivity index (χ1) is 62.0. The van der Waals surface area contributed by atoms with Gasteiger partial charge in [0.25, 0.3) is 71.1 Å². The van der Waals surface area contributed by atoms with Crippen LogP contribution in [-0.2, 0) is 4.79 Å². The summed E-state index contributed by atoms with van der Waals surface area (Å²) >= 11 is 0. The minimum atomic E-state index is -4.83. The van der Waals surface area contributed by atoms with E-state index in [1.54, 1.807) is 201 Å². The van der Waals surface area contributed by atoms with Crippen LogP contribution in [0.5, 0.6) is 11.5 Å². The van der Waals surface area contributed by atoms with Crippen LogP contribution in [0.3, 0.4) is 0 Å². The van der Waals surface area contributed by atoms with Crippen molar-refractivity contribution in [2.24, 2.45) is 0 Å². The molecule has 128 heavy (non-hydrogen) atoms. The Balaban J connectivity index is 0.000000146. The molecule has 34 heteroatoms. The monoisotopic (exact) mass is 1720 g/mol. The van der Waals surface area contributed by atoms with Crippen molar-refractivity contribution in [3.05, 3.63) is 401 Å². The number of benzene rings is 12. The molecule has 4 aromatic heterocycles. The van der Waals surface area contributed by atoms with Gasteiger partial charge in [-0.1, -0.05) is 188 Å². The van der Waals surface area contributed by atoms with Gasteiger partial charge in [-0.25, -0.2) is 4.39 Å². The molecule has 0 aliphatic heterocycles. The van der Waals surface area contributed by atoms with Crippen LogP contribution in [0.2, 0.25) is 0 Å². The van der Waals surface area contributed by atoms with E-state index in [2.05, 4.69) is 87.6 Å². The maximum absolute atomic E-state index is 14.0. The quantitative estimate of drug-likeness (QED) is 0.0218. The fraction of sp³-hybridized carbons (Fsp3) is 0.0426. The van der Waals surface area contributed by atoms with Gasteiger partial charge in [-0.15, -0.1) is 33.6 Å². The molecule has 0 fully saturated rings. The summed E-state index contributed by atoms with van der Waals surface area (Å²) in [6, 6.07) is 93.7. The summed E-state index contributed by atoms with van der Waals surface area (Å²) in [5.41, 5.74) is 7.28. The third kappa shape index (κ3) is 24.0. The third-order valence-electron chi connectivity index (χ3n) is 18.1. The number of hydrogen-bond acceptors (Lipinski definition) is 18. The summed E-state index contributed by atoms with van der Waals surface area (Å²) in [4.78, 5) is 118. The lowest BCUT2D eigenvalue weighted by atomic mass is 10.1. The van der Waals surface area contributed by atoms with E-state index in [1.165, 1.54) is 55.1 Å². The SMILES string of the molecule is COc1ccc(-n2nc(NC(=O)c3ccccc3)nc2NC(=O)c2ccccc2)cc1.Cc1ccccc1C(=O)Nc1nc(NC(=O)/C=C/c2ccccc2)n(-c2ccccc2)n1.Cc1ccccc1C(=O)Nc1nc(NC(=O)c2ccccc2F)n(-c2ccccc2)n1.O=C(Nc1nc(NC(=O)c2ccccc2)n(-c2ccc(OC(F)(F)F)cc2)n1)c1ccccc1. The van der Waals surface area contributed by atoms with E-state index in [1.807, 2.05) is 117 Å². The highest BCUT2D eigenvalue weighted by Crippen LogP contribution is 2.28. The van der Waals surface area contributed by atoms with Crippen LogP contribution in [0.15, 0.2) is 340 Å². The molecule has 0 aliphatic carbocycles. The van der Waals surface area contributed by atoms with Crippen molar-refractivity contribution in [3.8, 4) is 34.2 Å². The van der Waals surface area contributed by atoms with Gasteiger partial charge in [0.15, 0.2) is 0 Å². The summed E-state index contributed by atoms with van der Waals surface area (Å²) in [5.74, 6) is -3.44. The standard InChI is InChI=1S/C25H21N5O2.C23H16F3N5O3.C23H18FN5O2.C23H19N5O3/c1-18-10-8-9-15-21(18)23(32)27-24-28-25(30(29-24)20-13-6-3-7-14-20)26-22(31)17-16-19-11-4-2-5-12-19;24-23(25,26)34-18-13-11-17(12-14-18)31-22(28-20(33)16-9-5-2-6-10-16)29-21(30-31)27-19(32)15-7-3-1-4-8-15;1-15-9-5-6-12-17(15)20(30)25-22-27-23(29(28-22)16-10-3-2-4-11-16)26-21(31)18-13-7-8-14-19(18)24;1-31-19-14-12-18(13-15-19)28-23(25-21(30)17-10-6-3-7-11-17)26-22(27-28)24-20(29)16-8-4-2-5-9-16/h2-17H,1H3,(H2,26,27,28,29,31,32);1-14H,(H2,27,28,29,30,32,33);2-14H,1H3,(H2,25,26,27,28,30,31);2-15H,1H3,(H2,24,25,26,27,29,30)/b17-16+;;;. The molecule has 0 spiro atoms. The zero-order valence-corrected chi connectivity index (χ0v) is 67.9. The molecular formula is C94H74F4N20O10. The number of anilines is 8. The van der Waals surface area contributed by atoms with E-state index in [0.717, 1.165) is 28.8 Å². The molecule has 8 amide bonds. The molecule has 0 bridgehead atoms. The molecule has 12 aromatic carbocycles. The van der Waals surface area contributed by atoms with Gasteiger partial charge in [-0.3, -0.25) is 80.9 Å². The van der Waals surface area contributed by atoms with Gasteiger partial charge in [0.1, 0.15) is 17.3 Å².